The maximum atomic E-state index is 11.7. The highest BCUT2D eigenvalue weighted by atomic mass is 127. The number of guanidine groups is 1. The van der Waals surface area contributed by atoms with Crippen LogP contribution >= 0.6 is 24.0 Å². The van der Waals surface area contributed by atoms with Crippen molar-refractivity contribution in [3.63, 3.8) is 0 Å². The molecule has 5 nitrogen and oxygen atoms in total. The van der Waals surface area contributed by atoms with Crippen molar-refractivity contribution in [1.29, 1.82) is 0 Å². The summed E-state index contributed by atoms with van der Waals surface area (Å²) in [6, 6.07) is 18.4. The van der Waals surface area contributed by atoms with Gasteiger partial charge in [0.2, 0.25) is 0 Å². The molecular weight excluding hydrogens is 475 g/mol. The van der Waals surface area contributed by atoms with Crippen LogP contribution in [-0.4, -0.2) is 43.4 Å². The molecule has 0 saturated carbocycles. The third-order valence-corrected chi connectivity index (χ3v) is 5.14. The Morgan fingerprint density at radius 3 is 2.48 bits per heavy atom. The van der Waals surface area contributed by atoms with Gasteiger partial charge in [-0.25, -0.2) is 4.99 Å². The summed E-state index contributed by atoms with van der Waals surface area (Å²) in [6.07, 6.45) is 2.32. The first-order valence-corrected chi connectivity index (χ1v) is 10.1. The molecule has 1 aliphatic heterocycles. The van der Waals surface area contributed by atoms with Crippen LogP contribution in [0.5, 0.6) is 0 Å². The van der Waals surface area contributed by atoms with Gasteiger partial charge in [-0.3, -0.25) is 4.79 Å². The van der Waals surface area contributed by atoms with Crippen LogP contribution in [0.15, 0.2) is 59.6 Å². The van der Waals surface area contributed by atoms with E-state index in [4.69, 9.17) is 4.99 Å². The maximum absolute atomic E-state index is 11.7. The van der Waals surface area contributed by atoms with E-state index in [0.29, 0.717) is 18.0 Å². The van der Waals surface area contributed by atoms with E-state index in [1.807, 2.05) is 24.3 Å². The van der Waals surface area contributed by atoms with Gasteiger partial charge in [0.05, 0.1) is 6.54 Å². The van der Waals surface area contributed by atoms with Crippen molar-refractivity contribution in [2.75, 3.05) is 26.7 Å². The minimum absolute atomic E-state index is 0. The van der Waals surface area contributed by atoms with Gasteiger partial charge in [-0.05, 0) is 48.9 Å². The van der Waals surface area contributed by atoms with Gasteiger partial charge in [0.15, 0.2) is 5.96 Å². The normalized spacial score (nSPS) is 16.3. The molecule has 1 fully saturated rings. The highest BCUT2D eigenvalue weighted by molar-refractivity contribution is 14.0. The summed E-state index contributed by atoms with van der Waals surface area (Å²) in [5.41, 5.74) is 3.18. The number of nitrogens with zero attached hydrogens (tertiary/aromatic N) is 2. The van der Waals surface area contributed by atoms with Crippen LogP contribution in [0.3, 0.4) is 0 Å². The number of nitrogens with one attached hydrogen (secondary N) is 2. The molecule has 0 spiro atoms. The third kappa shape index (κ3) is 6.73. The maximum Gasteiger partial charge on any atom is 0.251 e. The molecule has 1 unspecified atom stereocenters. The number of halogens is 1. The molecule has 2 aromatic rings. The lowest BCUT2D eigenvalue weighted by molar-refractivity contribution is 0.0963. The van der Waals surface area contributed by atoms with Crippen LogP contribution in [-0.2, 0) is 13.0 Å². The Hall–Kier alpha value is -2.09. The van der Waals surface area contributed by atoms with Crippen LogP contribution in [0, 0.1) is 5.92 Å². The second-order valence-corrected chi connectivity index (χ2v) is 7.24. The fourth-order valence-corrected chi connectivity index (χ4v) is 3.64. The first-order valence-electron chi connectivity index (χ1n) is 10.1. The Balaban J connectivity index is 0.00000300. The number of carbonyl (C=O) groups excluding carboxylic acids is 1. The second-order valence-electron chi connectivity index (χ2n) is 7.24. The molecule has 1 heterocycles. The SMILES string of the molecule is CCNC(=NCc1ccc(C(=O)NC)cc1)N1CCC(Cc2ccccc2)C1.I. The van der Waals surface area contributed by atoms with Gasteiger partial charge >= 0.3 is 0 Å². The fraction of sp³-hybridized carbons (Fsp3) is 0.391. The zero-order valence-corrected chi connectivity index (χ0v) is 19.6. The van der Waals surface area contributed by atoms with Gasteiger partial charge in [-0.2, -0.15) is 0 Å². The number of hydrogen-bond donors (Lipinski definition) is 2. The lowest BCUT2D eigenvalue weighted by Crippen LogP contribution is -2.40. The van der Waals surface area contributed by atoms with Crippen LogP contribution < -0.4 is 10.6 Å². The zero-order chi connectivity index (χ0) is 19.8. The Morgan fingerprint density at radius 1 is 1.10 bits per heavy atom. The van der Waals surface area contributed by atoms with Gasteiger partial charge in [0.25, 0.3) is 5.91 Å². The summed E-state index contributed by atoms with van der Waals surface area (Å²) in [5, 5.41) is 6.07. The van der Waals surface area contributed by atoms with Crippen molar-refractivity contribution in [3.05, 3.63) is 71.3 Å². The van der Waals surface area contributed by atoms with Crippen molar-refractivity contribution in [2.45, 2.75) is 26.3 Å². The summed E-state index contributed by atoms with van der Waals surface area (Å²) in [6.45, 7) is 5.64. The largest absolute Gasteiger partial charge is 0.357 e. The number of likely N-dealkylation sites (tertiary alicyclic amines) is 1. The van der Waals surface area contributed by atoms with E-state index >= 15 is 0 Å². The van der Waals surface area contributed by atoms with E-state index in [9.17, 15) is 4.79 Å². The molecule has 0 radical (unpaired) electrons. The number of hydrogen-bond acceptors (Lipinski definition) is 2. The Kier molecular flexibility index (Phi) is 9.44. The Bertz CT molecular complexity index is 792. The van der Waals surface area contributed by atoms with Crippen LogP contribution in [0.25, 0.3) is 0 Å². The van der Waals surface area contributed by atoms with E-state index < -0.39 is 0 Å². The molecule has 6 heteroatoms. The van der Waals surface area contributed by atoms with Crippen LogP contribution in [0.4, 0.5) is 0 Å². The lowest BCUT2D eigenvalue weighted by Gasteiger charge is -2.21. The molecule has 0 aromatic heterocycles. The first kappa shape index (κ1) is 23.2. The molecule has 1 aliphatic rings. The molecule has 29 heavy (non-hydrogen) atoms. The molecular formula is C23H31IN4O. The first-order chi connectivity index (χ1) is 13.7. The number of aliphatic imine (C=N–C) groups is 1. The molecule has 2 N–H and O–H groups in total. The molecule has 2 aromatic carbocycles. The van der Waals surface area contributed by atoms with Crippen LogP contribution in [0.2, 0.25) is 0 Å². The van der Waals surface area contributed by atoms with E-state index in [-0.39, 0.29) is 29.9 Å². The van der Waals surface area contributed by atoms with Gasteiger partial charge < -0.3 is 15.5 Å². The summed E-state index contributed by atoms with van der Waals surface area (Å²) < 4.78 is 0. The number of amides is 1. The quantitative estimate of drug-likeness (QED) is 0.357. The van der Waals surface area contributed by atoms with Crippen molar-refractivity contribution < 1.29 is 4.79 Å². The number of benzene rings is 2. The standard InChI is InChI=1S/C23H30N4O.HI/c1-3-25-23(26-16-19-9-11-21(12-10-19)22(28)24-2)27-14-13-20(17-27)15-18-7-5-4-6-8-18;/h4-12,20H,3,13-17H2,1-2H3,(H,24,28)(H,25,26);1H. The Labute approximate surface area is 191 Å². The summed E-state index contributed by atoms with van der Waals surface area (Å²) >= 11 is 0. The minimum atomic E-state index is -0.0649. The minimum Gasteiger partial charge on any atom is -0.357 e. The smallest absolute Gasteiger partial charge is 0.251 e. The summed E-state index contributed by atoms with van der Waals surface area (Å²) in [5.74, 6) is 1.58. The van der Waals surface area contributed by atoms with E-state index in [1.54, 1.807) is 7.05 Å². The fourth-order valence-electron chi connectivity index (χ4n) is 3.64. The molecule has 1 atom stereocenters. The summed E-state index contributed by atoms with van der Waals surface area (Å²) in [7, 11) is 1.64. The average Bonchev–Trinajstić information content (AvgIpc) is 3.20. The highest BCUT2D eigenvalue weighted by Crippen LogP contribution is 2.21. The molecule has 156 valence electrons. The van der Waals surface area contributed by atoms with Crippen molar-refractivity contribution >= 4 is 35.8 Å². The van der Waals surface area contributed by atoms with Crippen molar-refractivity contribution in [1.82, 2.24) is 15.5 Å². The number of rotatable bonds is 6. The van der Waals surface area contributed by atoms with Crippen molar-refractivity contribution in [3.8, 4) is 0 Å². The molecule has 0 bridgehead atoms. The number of carbonyl (C=O) groups is 1. The molecule has 3 rings (SSSR count). The molecule has 0 aliphatic carbocycles. The molecule has 1 saturated heterocycles. The monoisotopic (exact) mass is 506 g/mol. The van der Waals surface area contributed by atoms with E-state index in [0.717, 1.165) is 37.6 Å². The highest BCUT2D eigenvalue weighted by Gasteiger charge is 2.24. The molecule has 1 amide bonds. The van der Waals surface area contributed by atoms with Gasteiger partial charge in [0, 0.05) is 32.2 Å². The Morgan fingerprint density at radius 2 is 1.83 bits per heavy atom. The predicted molar refractivity (Wildman–Crippen MR) is 130 cm³/mol. The van der Waals surface area contributed by atoms with Crippen LogP contribution in [0.1, 0.15) is 34.8 Å². The lowest BCUT2D eigenvalue weighted by atomic mass is 9.99. The van der Waals surface area contributed by atoms with E-state index in [2.05, 4.69) is 52.8 Å². The van der Waals surface area contributed by atoms with Gasteiger partial charge in [-0.1, -0.05) is 42.5 Å². The topological polar surface area (TPSA) is 56.7 Å². The van der Waals surface area contributed by atoms with Gasteiger partial charge in [0.1, 0.15) is 0 Å². The van der Waals surface area contributed by atoms with Gasteiger partial charge in [-0.15, -0.1) is 24.0 Å². The average molecular weight is 506 g/mol. The summed E-state index contributed by atoms with van der Waals surface area (Å²) in [4.78, 5) is 18.9. The third-order valence-electron chi connectivity index (χ3n) is 5.14. The van der Waals surface area contributed by atoms with Crippen molar-refractivity contribution in [2.24, 2.45) is 10.9 Å². The second kappa shape index (κ2) is 11.8. The predicted octanol–water partition coefficient (Wildman–Crippen LogP) is 3.69. The van der Waals surface area contributed by atoms with E-state index in [1.165, 1.54) is 12.0 Å². The zero-order valence-electron chi connectivity index (χ0n) is 17.2.